The van der Waals surface area contributed by atoms with Gasteiger partial charge in [0.25, 0.3) is 10.0 Å². The van der Waals surface area contributed by atoms with Gasteiger partial charge in [0.05, 0.1) is 10.8 Å². The molecule has 1 saturated carbocycles. The fourth-order valence-corrected chi connectivity index (χ4v) is 6.26. The van der Waals surface area contributed by atoms with Gasteiger partial charge in [-0.3, -0.25) is 4.79 Å². The lowest BCUT2D eigenvalue weighted by atomic mass is 9.65. The number of hydrogen-bond acceptors (Lipinski definition) is 3. The summed E-state index contributed by atoms with van der Waals surface area (Å²) < 4.78 is 41.0. The van der Waals surface area contributed by atoms with E-state index in [1.165, 1.54) is 12.1 Å². The van der Waals surface area contributed by atoms with Gasteiger partial charge in [0, 0.05) is 12.0 Å². The van der Waals surface area contributed by atoms with Crippen molar-refractivity contribution >= 4 is 15.9 Å². The first-order valence-electron chi connectivity index (χ1n) is 9.72. The Morgan fingerprint density at radius 3 is 2.18 bits per heavy atom. The van der Waals surface area contributed by atoms with Crippen LogP contribution in [0.1, 0.15) is 49.1 Å². The summed E-state index contributed by atoms with van der Waals surface area (Å²) in [7, 11) is -3.92. The molecule has 2 aliphatic rings. The summed E-state index contributed by atoms with van der Waals surface area (Å²) in [5.74, 6) is -1.31. The molecule has 1 amide bonds. The van der Waals surface area contributed by atoms with Gasteiger partial charge in [-0.05, 0) is 49.6 Å². The van der Waals surface area contributed by atoms with Gasteiger partial charge >= 0.3 is 0 Å². The molecule has 0 N–H and O–H groups in total. The standard InChI is InChI=1S/C22H24FNO3S/c1-16-5-11-19(12-6-16)28(26,27)24-15-22(13-3-2-4-14-22)20(21(24)25)17-7-9-18(23)10-8-17/h5-12,20H,2-4,13-15H2,1H3/t20-/m1/s1. The van der Waals surface area contributed by atoms with Crippen LogP contribution < -0.4 is 0 Å². The average molecular weight is 402 g/mol. The van der Waals surface area contributed by atoms with Gasteiger partial charge in [0.1, 0.15) is 5.82 Å². The van der Waals surface area contributed by atoms with Crippen molar-refractivity contribution in [2.75, 3.05) is 6.54 Å². The molecule has 2 aromatic rings. The highest BCUT2D eigenvalue weighted by Gasteiger charge is 2.56. The lowest BCUT2D eigenvalue weighted by molar-refractivity contribution is -0.125. The van der Waals surface area contributed by atoms with E-state index >= 15 is 0 Å². The molecule has 4 nitrogen and oxygen atoms in total. The van der Waals surface area contributed by atoms with Gasteiger partial charge in [-0.15, -0.1) is 0 Å². The molecular formula is C22H24FNO3S. The predicted molar refractivity (Wildman–Crippen MR) is 105 cm³/mol. The number of rotatable bonds is 3. The maximum absolute atomic E-state index is 13.4. The van der Waals surface area contributed by atoms with Crippen LogP contribution in [0, 0.1) is 18.2 Å². The average Bonchev–Trinajstić information content (AvgIpc) is 2.96. The van der Waals surface area contributed by atoms with Crippen LogP contribution in [0.25, 0.3) is 0 Å². The second kappa shape index (κ2) is 6.99. The Hall–Kier alpha value is -2.21. The number of sulfonamides is 1. The Morgan fingerprint density at radius 2 is 1.57 bits per heavy atom. The molecule has 1 atom stereocenters. The van der Waals surface area contributed by atoms with Crippen molar-refractivity contribution in [1.29, 1.82) is 0 Å². The topological polar surface area (TPSA) is 54.5 Å². The van der Waals surface area contributed by atoms with Crippen LogP contribution in [-0.2, 0) is 14.8 Å². The minimum absolute atomic E-state index is 0.136. The highest BCUT2D eigenvalue weighted by atomic mass is 32.2. The van der Waals surface area contributed by atoms with Crippen LogP contribution in [0.15, 0.2) is 53.4 Å². The fourth-order valence-electron chi connectivity index (χ4n) is 4.76. The molecule has 0 aromatic heterocycles. The molecule has 1 saturated heterocycles. The normalized spacial score (nSPS) is 22.0. The van der Waals surface area contributed by atoms with E-state index in [0.29, 0.717) is 5.56 Å². The summed E-state index contributed by atoms with van der Waals surface area (Å²) in [5, 5.41) is 0. The van der Waals surface area contributed by atoms with Crippen molar-refractivity contribution < 1.29 is 17.6 Å². The first kappa shape index (κ1) is 19.1. The molecule has 6 heteroatoms. The number of amides is 1. The molecular weight excluding hydrogens is 377 g/mol. The minimum atomic E-state index is -3.92. The molecule has 0 unspecified atom stereocenters. The smallest absolute Gasteiger partial charge is 0.266 e. The van der Waals surface area contributed by atoms with Crippen molar-refractivity contribution in [3.8, 4) is 0 Å². The molecule has 148 valence electrons. The first-order chi connectivity index (χ1) is 13.3. The van der Waals surface area contributed by atoms with Crippen LogP contribution in [0.2, 0.25) is 0 Å². The Labute approximate surface area is 165 Å². The number of benzene rings is 2. The van der Waals surface area contributed by atoms with E-state index in [4.69, 9.17) is 0 Å². The number of carbonyl (C=O) groups is 1. The molecule has 28 heavy (non-hydrogen) atoms. The van der Waals surface area contributed by atoms with E-state index in [-0.39, 0.29) is 17.3 Å². The van der Waals surface area contributed by atoms with Gasteiger partial charge in [-0.1, -0.05) is 49.1 Å². The maximum Gasteiger partial charge on any atom is 0.266 e. The minimum Gasteiger partial charge on any atom is -0.273 e. The summed E-state index contributed by atoms with van der Waals surface area (Å²) in [4.78, 5) is 13.5. The number of halogens is 1. The first-order valence-corrected chi connectivity index (χ1v) is 11.2. The predicted octanol–water partition coefficient (Wildman–Crippen LogP) is 4.40. The zero-order chi connectivity index (χ0) is 19.9. The summed E-state index contributed by atoms with van der Waals surface area (Å²) in [6, 6.07) is 12.5. The Kier molecular flexibility index (Phi) is 4.78. The Bertz CT molecular complexity index is 977. The van der Waals surface area contributed by atoms with Crippen molar-refractivity contribution in [1.82, 2.24) is 4.31 Å². The van der Waals surface area contributed by atoms with E-state index < -0.39 is 27.3 Å². The van der Waals surface area contributed by atoms with Crippen LogP contribution in [0.3, 0.4) is 0 Å². The third kappa shape index (κ3) is 3.13. The monoisotopic (exact) mass is 401 g/mol. The summed E-state index contributed by atoms with van der Waals surface area (Å²) in [6.07, 6.45) is 4.66. The lowest BCUT2D eigenvalue weighted by Crippen LogP contribution is -2.35. The van der Waals surface area contributed by atoms with Crippen LogP contribution in [0.5, 0.6) is 0 Å². The summed E-state index contributed by atoms with van der Waals surface area (Å²) >= 11 is 0. The third-order valence-corrected chi connectivity index (χ3v) is 7.98. The zero-order valence-corrected chi connectivity index (χ0v) is 16.7. The molecule has 2 fully saturated rings. The molecule has 1 aliphatic heterocycles. The van der Waals surface area contributed by atoms with Gasteiger partial charge < -0.3 is 0 Å². The number of carbonyl (C=O) groups excluding carboxylic acids is 1. The fraction of sp³-hybridized carbons (Fsp3) is 0.409. The largest absolute Gasteiger partial charge is 0.273 e. The van der Waals surface area contributed by atoms with E-state index in [1.54, 1.807) is 36.4 Å². The molecule has 1 aliphatic carbocycles. The Morgan fingerprint density at radius 1 is 0.964 bits per heavy atom. The number of aryl methyl sites for hydroxylation is 1. The second-order valence-electron chi connectivity index (χ2n) is 8.07. The summed E-state index contributed by atoms with van der Waals surface area (Å²) in [5.41, 5.74) is 1.25. The van der Waals surface area contributed by atoms with Gasteiger partial charge in [0.15, 0.2) is 0 Å². The van der Waals surface area contributed by atoms with Gasteiger partial charge in [-0.25, -0.2) is 17.1 Å². The molecule has 0 radical (unpaired) electrons. The molecule has 0 bridgehead atoms. The quantitative estimate of drug-likeness (QED) is 0.766. The Balaban J connectivity index is 1.77. The maximum atomic E-state index is 13.4. The van der Waals surface area contributed by atoms with E-state index in [9.17, 15) is 17.6 Å². The van der Waals surface area contributed by atoms with Crippen molar-refractivity contribution in [3.63, 3.8) is 0 Å². The van der Waals surface area contributed by atoms with Crippen LogP contribution >= 0.6 is 0 Å². The highest BCUT2D eigenvalue weighted by Crippen LogP contribution is 2.53. The van der Waals surface area contributed by atoms with Crippen molar-refractivity contribution in [2.45, 2.75) is 49.8 Å². The number of hydrogen-bond donors (Lipinski definition) is 0. The second-order valence-corrected chi connectivity index (χ2v) is 9.93. The van der Waals surface area contributed by atoms with Gasteiger partial charge in [-0.2, -0.15) is 0 Å². The van der Waals surface area contributed by atoms with Crippen LogP contribution in [-0.4, -0.2) is 25.2 Å². The highest BCUT2D eigenvalue weighted by molar-refractivity contribution is 7.89. The van der Waals surface area contributed by atoms with E-state index in [1.807, 2.05) is 6.92 Å². The lowest BCUT2D eigenvalue weighted by Gasteiger charge is -2.37. The zero-order valence-electron chi connectivity index (χ0n) is 15.9. The summed E-state index contributed by atoms with van der Waals surface area (Å²) in [6.45, 7) is 2.09. The SMILES string of the molecule is Cc1ccc(S(=O)(=O)N2CC3(CCCCC3)[C@H](c3ccc(F)cc3)C2=O)cc1. The molecule has 1 heterocycles. The third-order valence-electron chi connectivity index (χ3n) is 6.23. The molecule has 4 rings (SSSR count). The molecule has 2 aromatic carbocycles. The van der Waals surface area contributed by atoms with Crippen molar-refractivity contribution in [2.24, 2.45) is 5.41 Å². The van der Waals surface area contributed by atoms with Crippen molar-refractivity contribution in [3.05, 3.63) is 65.5 Å². The van der Waals surface area contributed by atoms with Gasteiger partial charge in [0.2, 0.25) is 5.91 Å². The molecule has 1 spiro atoms. The van der Waals surface area contributed by atoms with E-state index in [0.717, 1.165) is 42.0 Å². The number of nitrogens with zero attached hydrogens (tertiary/aromatic N) is 1. The van der Waals surface area contributed by atoms with E-state index in [2.05, 4.69) is 0 Å². The van der Waals surface area contributed by atoms with Crippen LogP contribution in [0.4, 0.5) is 4.39 Å².